The van der Waals surface area contributed by atoms with E-state index in [2.05, 4.69) is 47.5 Å². The number of amides is 8. The van der Waals surface area contributed by atoms with Crippen molar-refractivity contribution < 1.29 is 58.5 Å². The smallest absolute Gasteiger partial charge is 0.326 e. The van der Waals surface area contributed by atoms with E-state index in [0.717, 1.165) is 10.9 Å². The zero-order valence-corrected chi connectivity index (χ0v) is 42.7. The summed E-state index contributed by atoms with van der Waals surface area (Å²) in [5.41, 5.74) is 7.15. The summed E-state index contributed by atoms with van der Waals surface area (Å²) in [5.74, 6) is -8.85. The quantitative estimate of drug-likeness (QED) is 0.0454. The van der Waals surface area contributed by atoms with Crippen molar-refractivity contribution in [2.45, 2.75) is 142 Å². The molecule has 1 heterocycles. The maximum Gasteiger partial charge on any atom is 0.326 e. The first-order valence-electron chi connectivity index (χ1n) is 23.6. The Hall–Kier alpha value is -5.78. The van der Waals surface area contributed by atoms with Crippen molar-refractivity contribution in [1.29, 1.82) is 0 Å². The summed E-state index contributed by atoms with van der Waals surface area (Å²) in [6.45, 7) is 13.4. The number of nitrogens with two attached hydrogens (primary N) is 1. The van der Waals surface area contributed by atoms with Crippen LogP contribution < -0.4 is 48.3 Å². The van der Waals surface area contributed by atoms with E-state index in [9.17, 15) is 58.5 Å². The van der Waals surface area contributed by atoms with Gasteiger partial charge in [0.25, 0.3) is 0 Å². The highest BCUT2D eigenvalue weighted by atomic mass is 32.2. The molecule has 0 spiro atoms. The Bertz CT molecular complexity index is 2100. The van der Waals surface area contributed by atoms with Crippen LogP contribution in [0.4, 0.5) is 0 Å². The number of carbonyl (C=O) groups is 9. The van der Waals surface area contributed by atoms with Gasteiger partial charge in [0.05, 0.1) is 13.2 Å². The third-order valence-electron chi connectivity index (χ3n) is 11.7. The van der Waals surface area contributed by atoms with Gasteiger partial charge in [-0.2, -0.15) is 11.8 Å². The predicted molar refractivity (Wildman–Crippen MR) is 264 cm³/mol. The van der Waals surface area contributed by atoms with Gasteiger partial charge in [-0.1, -0.05) is 80.0 Å². The van der Waals surface area contributed by atoms with E-state index < -0.39 is 139 Å². The number of aromatic nitrogens is 1. The van der Waals surface area contributed by atoms with Crippen LogP contribution in [0.1, 0.15) is 87.1 Å². The Balaban J connectivity index is 2.33. The van der Waals surface area contributed by atoms with E-state index in [1.54, 1.807) is 47.7 Å². The van der Waals surface area contributed by atoms with Crippen LogP contribution >= 0.6 is 11.8 Å². The van der Waals surface area contributed by atoms with Gasteiger partial charge in [0.15, 0.2) is 0 Å². The highest BCUT2D eigenvalue weighted by molar-refractivity contribution is 7.98. The lowest BCUT2D eigenvalue weighted by atomic mass is 9.95. The molecule has 22 nitrogen and oxygen atoms in total. The van der Waals surface area contributed by atoms with Crippen LogP contribution in [0.25, 0.3) is 10.9 Å². The number of aliphatic carboxylic acids is 1. The van der Waals surface area contributed by atoms with Crippen molar-refractivity contribution in [2.24, 2.45) is 29.4 Å². The third-order valence-corrected chi connectivity index (χ3v) is 12.3. The molecule has 10 atom stereocenters. The van der Waals surface area contributed by atoms with Crippen LogP contribution in [0.15, 0.2) is 30.5 Å². The fourth-order valence-corrected chi connectivity index (χ4v) is 7.68. The first-order valence-corrected chi connectivity index (χ1v) is 25.0. The number of benzene rings is 1. The normalized spacial score (nSPS) is 15.8. The molecular formula is C47H76N10O12S. The maximum atomic E-state index is 14.1. The molecular weight excluding hydrogens is 929 g/mol. The van der Waals surface area contributed by atoms with Crippen molar-refractivity contribution in [3.8, 4) is 0 Å². The van der Waals surface area contributed by atoms with E-state index in [4.69, 9.17) is 5.73 Å². The van der Waals surface area contributed by atoms with Crippen LogP contribution in [0.5, 0.6) is 0 Å². The molecule has 392 valence electrons. The number of aromatic amines is 1. The minimum Gasteiger partial charge on any atom is -0.480 e. The van der Waals surface area contributed by atoms with Gasteiger partial charge in [0.1, 0.15) is 54.4 Å². The number of aliphatic hydroxyl groups excluding tert-OH is 2. The Morgan fingerprint density at radius 2 is 1.13 bits per heavy atom. The number of H-pyrrole nitrogens is 1. The second-order valence-electron chi connectivity index (χ2n) is 18.6. The van der Waals surface area contributed by atoms with Gasteiger partial charge < -0.3 is 68.6 Å². The van der Waals surface area contributed by atoms with Gasteiger partial charge >= 0.3 is 5.97 Å². The Morgan fingerprint density at radius 3 is 1.69 bits per heavy atom. The monoisotopic (exact) mass is 1000 g/mol. The Kier molecular flexibility index (Phi) is 25.4. The first-order chi connectivity index (χ1) is 32.9. The number of hydrogen-bond donors (Lipinski definition) is 13. The average molecular weight is 1010 g/mol. The predicted octanol–water partition coefficient (Wildman–Crippen LogP) is -0.838. The highest BCUT2D eigenvalue weighted by Gasteiger charge is 2.37. The minimum absolute atomic E-state index is 0.0330. The molecule has 0 aliphatic heterocycles. The van der Waals surface area contributed by atoms with E-state index in [0.29, 0.717) is 17.7 Å². The summed E-state index contributed by atoms with van der Waals surface area (Å²) in [6, 6.07) is -4.19. The largest absolute Gasteiger partial charge is 0.480 e. The lowest BCUT2D eigenvalue weighted by molar-refractivity contribution is -0.144. The van der Waals surface area contributed by atoms with Crippen molar-refractivity contribution >= 4 is 75.9 Å². The number of thioether (sulfide) groups is 1. The lowest BCUT2D eigenvalue weighted by Crippen LogP contribution is -2.62. The topological polar surface area (TPSA) is 352 Å². The molecule has 0 radical (unpaired) electrons. The number of nitrogens with one attached hydrogen (secondary N) is 9. The van der Waals surface area contributed by atoms with Gasteiger partial charge in [-0.25, -0.2) is 4.79 Å². The van der Waals surface area contributed by atoms with Gasteiger partial charge in [0.2, 0.25) is 47.3 Å². The van der Waals surface area contributed by atoms with Crippen molar-refractivity contribution in [1.82, 2.24) is 47.5 Å². The van der Waals surface area contributed by atoms with E-state index in [1.165, 1.54) is 18.7 Å². The molecule has 2 aromatic rings. The van der Waals surface area contributed by atoms with Gasteiger partial charge in [-0.15, -0.1) is 0 Å². The molecule has 0 aliphatic carbocycles. The fraction of sp³-hybridized carbons (Fsp3) is 0.638. The molecule has 14 N–H and O–H groups in total. The highest BCUT2D eigenvalue weighted by Crippen LogP contribution is 2.20. The molecule has 70 heavy (non-hydrogen) atoms. The number of hydrogen-bond acceptors (Lipinski definition) is 13. The number of carbonyl (C=O) groups excluding carboxylic acids is 8. The third kappa shape index (κ3) is 18.5. The van der Waals surface area contributed by atoms with Crippen molar-refractivity contribution in [2.75, 3.05) is 25.2 Å². The van der Waals surface area contributed by atoms with E-state index in [1.807, 2.05) is 44.4 Å². The number of carboxylic acids is 1. The molecule has 0 aliphatic rings. The second kappa shape index (κ2) is 29.4. The first kappa shape index (κ1) is 60.3. The summed E-state index contributed by atoms with van der Waals surface area (Å²) in [7, 11) is 0. The molecule has 0 unspecified atom stereocenters. The second-order valence-corrected chi connectivity index (χ2v) is 19.6. The Labute approximate surface area is 413 Å². The van der Waals surface area contributed by atoms with Crippen LogP contribution in [-0.4, -0.2) is 153 Å². The summed E-state index contributed by atoms with van der Waals surface area (Å²) in [4.78, 5) is 124. The molecule has 1 aromatic heterocycles. The Morgan fingerprint density at radius 1 is 0.614 bits per heavy atom. The molecule has 0 fully saturated rings. The maximum absolute atomic E-state index is 14.1. The number of carboxylic acid groups (broad SMARTS) is 1. The number of rotatable bonds is 30. The van der Waals surface area contributed by atoms with E-state index >= 15 is 0 Å². The van der Waals surface area contributed by atoms with Crippen molar-refractivity contribution in [3.05, 3.63) is 36.0 Å². The molecule has 0 saturated carbocycles. The zero-order chi connectivity index (χ0) is 53.0. The van der Waals surface area contributed by atoms with Crippen LogP contribution in [-0.2, 0) is 49.6 Å². The standard InChI is InChI=1S/C47H76N10O12S/c1-11-26(8)38(46(67)54-35(22-59)44(65)56-37(25(6)7)47(68)69)57-45(66)36(24(4)5)55-43(64)33(18-23(2)3)52-39(60)27(9)50-42(63)34(19-28-20-49-31-15-13-12-14-29(28)31)53-41(62)32(16-17-70-10)51-40(61)30(48)21-58/h12-15,20,23-27,30,32-38,49,58-59H,11,16-19,21-22,48H2,1-10H3,(H,50,63)(H,51,61)(H,52,60)(H,53,62)(H,54,67)(H,55,64)(H,56,65)(H,57,66)(H,68,69)/t26-,27-,30-,32-,33-,34-,35-,36-,37-,38-/m0/s1. The van der Waals surface area contributed by atoms with Crippen LogP contribution in [0.3, 0.4) is 0 Å². The van der Waals surface area contributed by atoms with E-state index in [-0.39, 0.29) is 25.2 Å². The van der Waals surface area contributed by atoms with Gasteiger partial charge in [-0.3, -0.25) is 38.4 Å². The molecule has 23 heteroatoms. The molecule has 2 rings (SSSR count). The van der Waals surface area contributed by atoms with Crippen LogP contribution in [0.2, 0.25) is 0 Å². The zero-order valence-electron chi connectivity index (χ0n) is 41.8. The number of fused-ring (bicyclic) bond motifs is 1. The molecule has 0 saturated heterocycles. The van der Waals surface area contributed by atoms with Crippen molar-refractivity contribution in [3.63, 3.8) is 0 Å². The molecule has 1 aromatic carbocycles. The minimum atomic E-state index is -1.55. The van der Waals surface area contributed by atoms with Gasteiger partial charge in [0, 0.05) is 23.5 Å². The lowest BCUT2D eigenvalue weighted by Gasteiger charge is -2.30. The fourth-order valence-electron chi connectivity index (χ4n) is 7.20. The van der Waals surface area contributed by atoms with Gasteiger partial charge in [-0.05, 0) is 67.1 Å². The number of para-hydroxylation sites is 1. The summed E-state index contributed by atoms with van der Waals surface area (Å²) in [6.07, 6.45) is 4.14. The number of aliphatic hydroxyl groups is 2. The molecule has 0 bridgehead atoms. The van der Waals surface area contributed by atoms with Crippen LogP contribution in [0, 0.1) is 23.7 Å². The summed E-state index contributed by atoms with van der Waals surface area (Å²) < 4.78 is 0. The average Bonchev–Trinajstić information content (AvgIpc) is 3.72. The molecule has 8 amide bonds. The summed E-state index contributed by atoms with van der Waals surface area (Å²) in [5, 5.41) is 50.4. The summed E-state index contributed by atoms with van der Waals surface area (Å²) >= 11 is 1.42. The SMILES string of the molecule is CC[C@H](C)[C@H](NC(=O)[C@@H](NC(=O)[C@H](CC(C)C)NC(=O)[C@H](C)NC(=O)[C@H](Cc1c[nH]c2ccccc12)NC(=O)[C@H](CCSC)NC(=O)[C@@H](N)CO)C(C)C)C(=O)N[C@@H](CO)C(=O)N[C@H](C(=O)O)C(C)C.